The van der Waals surface area contributed by atoms with Crippen LogP contribution in [0.15, 0.2) is 30.9 Å². The summed E-state index contributed by atoms with van der Waals surface area (Å²) >= 11 is 0. The number of rotatable bonds is 6. The summed E-state index contributed by atoms with van der Waals surface area (Å²) in [6.07, 6.45) is 3.62. The third kappa shape index (κ3) is 3.17. The summed E-state index contributed by atoms with van der Waals surface area (Å²) in [4.78, 5) is 0. The Morgan fingerprint density at radius 2 is 2.25 bits per heavy atom. The summed E-state index contributed by atoms with van der Waals surface area (Å²) in [5.74, 6) is -0.0991. The maximum Gasteiger partial charge on any atom is 0.130 e. The minimum absolute atomic E-state index is 0.0392. The van der Waals surface area contributed by atoms with E-state index in [0.29, 0.717) is 5.56 Å². The van der Waals surface area contributed by atoms with Crippen LogP contribution in [0.4, 0.5) is 4.39 Å². The van der Waals surface area contributed by atoms with Crippen LogP contribution in [-0.4, -0.2) is 6.54 Å². The number of hydrogen-bond acceptors (Lipinski definition) is 1. The van der Waals surface area contributed by atoms with E-state index < -0.39 is 0 Å². The normalized spacial score (nSPS) is 12.4. The third-order valence-corrected chi connectivity index (χ3v) is 2.64. The van der Waals surface area contributed by atoms with Crippen molar-refractivity contribution in [3.05, 3.63) is 47.8 Å². The van der Waals surface area contributed by atoms with E-state index in [4.69, 9.17) is 0 Å². The van der Waals surface area contributed by atoms with Crippen molar-refractivity contribution in [1.29, 1.82) is 0 Å². The van der Waals surface area contributed by atoms with Crippen LogP contribution >= 0.6 is 0 Å². The fourth-order valence-electron chi connectivity index (χ4n) is 1.74. The van der Waals surface area contributed by atoms with Crippen molar-refractivity contribution in [2.45, 2.75) is 32.7 Å². The van der Waals surface area contributed by atoms with Gasteiger partial charge in [-0.25, -0.2) is 4.39 Å². The monoisotopic (exact) mass is 221 g/mol. The Bertz CT molecular complexity index is 347. The number of halogens is 1. The third-order valence-electron chi connectivity index (χ3n) is 2.64. The fourth-order valence-corrected chi connectivity index (χ4v) is 1.74. The molecule has 0 aliphatic carbocycles. The van der Waals surface area contributed by atoms with Gasteiger partial charge in [-0.3, -0.25) is 0 Å². The van der Waals surface area contributed by atoms with Crippen molar-refractivity contribution in [2.24, 2.45) is 0 Å². The van der Waals surface area contributed by atoms with Gasteiger partial charge in [-0.1, -0.05) is 31.2 Å². The van der Waals surface area contributed by atoms with Crippen molar-refractivity contribution >= 4 is 0 Å². The molecule has 0 amide bonds. The van der Waals surface area contributed by atoms with Gasteiger partial charge in [0.05, 0.1) is 0 Å². The molecule has 88 valence electrons. The highest BCUT2D eigenvalue weighted by Crippen LogP contribution is 2.22. The molecule has 1 unspecified atom stereocenters. The van der Waals surface area contributed by atoms with Crippen molar-refractivity contribution in [2.75, 3.05) is 6.54 Å². The van der Waals surface area contributed by atoms with Gasteiger partial charge in [-0.2, -0.15) is 0 Å². The summed E-state index contributed by atoms with van der Waals surface area (Å²) in [6.45, 7) is 8.52. The molecule has 0 bridgehead atoms. The van der Waals surface area contributed by atoms with Crippen molar-refractivity contribution in [3.63, 3.8) is 0 Å². The van der Waals surface area contributed by atoms with Gasteiger partial charge >= 0.3 is 0 Å². The lowest BCUT2D eigenvalue weighted by atomic mass is 10.0. The zero-order valence-corrected chi connectivity index (χ0v) is 10.1. The van der Waals surface area contributed by atoms with Crippen LogP contribution in [0.3, 0.4) is 0 Å². The highest BCUT2D eigenvalue weighted by atomic mass is 19.1. The van der Waals surface area contributed by atoms with Gasteiger partial charge in [0, 0.05) is 11.6 Å². The summed E-state index contributed by atoms with van der Waals surface area (Å²) in [7, 11) is 0. The SMILES string of the molecule is C=CCC(NCCC)c1cccc(C)c1F. The molecular weight excluding hydrogens is 201 g/mol. The van der Waals surface area contributed by atoms with Crippen LogP contribution in [0.5, 0.6) is 0 Å². The smallest absolute Gasteiger partial charge is 0.130 e. The van der Waals surface area contributed by atoms with Gasteiger partial charge in [-0.05, 0) is 31.9 Å². The van der Waals surface area contributed by atoms with E-state index >= 15 is 0 Å². The van der Waals surface area contributed by atoms with E-state index in [1.807, 2.05) is 18.2 Å². The van der Waals surface area contributed by atoms with Crippen LogP contribution < -0.4 is 5.32 Å². The van der Waals surface area contributed by atoms with Gasteiger partial charge in [-0.15, -0.1) is 6.58 Å². The zero-order chi connectivity index (χ0) is 12.0. The second-order valence-corrected chi connectivity index (χ2v) is 4.01. The molecular formula is C14H20FN. The maximum absolute atomic E-state index is 13.9. The molecule has 0 saturated heterocycles. The van der Waals surface area contributed by atoms with E-state index in [1.165, 1.54) is 0 Å². The van der Waals surface area contributed by atoms with Crippen molar-refractivity contribution < 1.29 is 4.39 Å². The minimum Gasteiger partial charge on any atom is -0.310 e. The lowest BCUT2D eigenvalue weighted by Gasteiger charge is -2.18. The molecule has 0 heterocycles. The molecule has 0 saturated carbocycles. The Hall–Kier alpha value is -1.15. The molecule has 1 atom stereocenters. The van der Waals surface area contributed by atoms with Crippen molar-refractivity contribution in [1.82, 2.24) is 5.32 Å². The molecule has 1 N–H and O–H groups in total. The molecule has 1 nitrogen and oxygen atoms in total. The largest absolute Gasteiger partial charge is 0.310 e. The Morgan fingerprint density at radius 1 is 1.50 bits per heavy atom. The zero-order valence-electron chi connectivity index (χ0n) is 10.1. The molecule has 1 rings (SSSR count). The van der Waals surface area contributed by atoms with E-state index in [1.54, 1.807) is 13.0 Å². The molecule has 2 heteroatoms. The maximum atomic E-state index is 13.9. The highest BCUT2D eigenvalue weighted by Gasteiger charge is 2.14. The van der Waals surface area contributed by atoms with Crippen LogP contribution in [0.25, 0.3) is 0 Å². The summed E-state index contributed by atoms with van der Waals surface area (Å²) in [6, 6.07) is 5.58. The van der Waals surface area contributed by atoms with Gasteiger partial charge in [0.15, 0.2) is 0 Å². The van der Waals surface area contributed by atoms with E-state index in [0.717, 1.165) is 24.9 Å². The van der Waals surface area contributed by atoms with E-state index in [-0.39, 0.29) is 11.9 Å². The standard InChI is InChI=1S/C14H20FN/c1-4-7-13(16-10-5-2)12-9-6-8-11(3)14(12)15/h4,6,8-9,13,16H,1,5,7,10H2,2-3H3. The summed E-state index contributed by atoms with van der Waals surface area (Å²) < 4.78 is 13.9. The second-order valence-electron chi connectivity index (χ2n) is 4.01. The van der Waals surface area contributed by atoms with Crippen LogP contribution in [0.1, 0.15) is 36.9 Å². The predicted molar refractivity (Wildman–Crippen MR) is 67.0 cm³/mol. The molecule has 0 radical (unpaired) electrons. The second kappa shape index (κ2) is 6.44. The van der Waals surface area contributed by atoms with E-state index in [2.05, 4.69) is 18.8 Å². The van der Waals surface area contributed by atoms with Gasteiger partial charge in [0.1, 0.15) is 5.82 Å². The first kappa shape index (κ1) is 12.9. The number of benzene rings is 1. The Labute approximate surface area is 97.4 Å². The molecule has 0 aliphatic heterocycles. The van der Waals surface area contributed by atoms with Crippen LogP contribution in [0.2, 0.25) is 0 Å². The Morgan fingerprint density at radius 3 is 2.88 bits per heavy atom. The molecule has 1 aromatic carbocycles. The number of aryl methyl sites for hydroxylation is 1. The lowest BCUT2D eigenvalue weighted by Crippen LogP contribution is -2.22. The Balaban J connectivity index is 2.91. The molecule has 16 heavy (non-hydrogen) atoms. The minimum atomic E-state index is -0.0991. The average Bonchev–Trinajstić information content (AvgIpc) is 2.28. The predicted octanol–water partition coefficient (Wildman–Crippen LogP) is 3.75. The number of nitrogens with one attached hydrogen (secondary N) is 1. The quantitative estimate of drug-likeness (QED) is 0.721. The van der Waals surface area contributed by atoms with Gasteiger partial charge in [0.25, 0.3) is 0 Å². The first-order valence-electron chi connectivity index (χ1n) is 5.80. The van der Waals surface area contributed by atoms with Crippen molar-refractivity contribution in [3.8, 4) is 0 Å². The van der Waals surface area contributed by atoms with Crippen LogP contribution in [0, 0.1) is 12.7 Å². The number of hydrogen-bond donors (Lipinski definition) is 1. The molecule has 0 aliphatic rings. The molecule has 0 fully saturated rings. The van der Waals surface area contributed by atoms with Crippen LogP contribution in [-0.2, 0) is 0 Å². The average molecular weight is 221 g/mol. The van der Waals surface area contributed by atoms with E-state index in [9.17, 15) is 4.39 Å². The summed E-state index contributed by atoms with van der Waals surface area (Å²) in [5, 5.41) is 3.34. The fraction of sp³-hybridized carbons (Fsp3) is 0.429. The van der Waals surface area contributed by atoms with Gasteiger partial charge in [0.2, 0.25) is 0 Å². The molecule has 1 aromatic rings. The molecule has 0 aromatic heterocycles. The topological polar surface area (TPSA) is 12.0 Å². The van der Waals surface area contributed by atoms with Gasteiger partial charge < -0.3 is 5.32 Å². The first-order chi connectivity index (χ1) is 7.70. The summed E-state index contributed by atoms with van der Waals surface area (Å²) in [5.41, 5.74) is 1.44. The Kier molecular flexibility index (Phi) is 5.20. The molecule has 0 spiro atoms. The first-order valence-corrected chi connectivity index (χ1v) is 5.80. The lowest BCUT2D eigenvalue weighted by molar-refractivity contribution is 0.500. The highest BCUT2D eigenvalue weighted by molar-refractivity contribution is 5.28.